The van der Waals surface area contributed by atoms with E-state index in [0.29, 0.717) is 23.3 Å². The number of benzene rings is 1. The molecule has 0 bridgehead atoms. The second kappa shape index (κ2) is 4.22. The number of nitrogens with zero attached hydrogens (tertiary/aromatic N) is 1. The van der Waals surface area contributed by atoms with Gasteiger partial charge in [-0.05, 0) is 19.1 Å². The third-order valence-electron chi connectivity index (χ3n) is 2.15. The molecule has 1 aromatic heterocycles. The molecule has 0 fully saturated rings. The van der Waals surface area contributed by atoms with Crippen LogP contribution in [-0.2, 0) is 4.74 Å². The van der Waals surface area contributed by atoms with Crippen molar-refractivity contribution in [2.24, 2.45) is 0 Å². The van der Waals surface area contributed by atoms with Gasteiger partial charge in [-0.3, -0.25) is 0 Å². The van der Waals surface area contributed by atoms with Crippen molar-refractivity contribution in [1.29, 1.82) is 0 Å². The van der Waals surface area contributed by atoms with Crippen LogP contribution in [0.15, 0.2) is 22.7 Å². The van der Waals surface area contributed by atoms with Gasteiger partial charge in [-0.25, -0.2) is 4.79 Å². The van der Waals surface area contributed by atoms with Crippen molar-refractivity contribution in [3.8, 4) is 5.75 Å². The van der Waals surface area contributed by atoms with Crippen molar-refractivity contribution in [2.45, 2.75) is 6.92 Å². The number of fused-ring (bicyclic) bond motifs is 1. The van der Waals surface area contributed by atoms with Gasteiger partial charge in [-0.1, -0.05) is 5.16 Å². The first kappa shape index (κ1) is 10.5. The van der Waals surface area contributed by atoms with Crippen molar-refractivity contribution < 1.29 is 18.8 Å². The van der Waals surface area contributed by atoms with Gasteiger partial charge in [-0.15, -0.1) is 0 Å². The van der Waals surface area contributed by atoms with Gasteiger partial charge < -0.3 is 14.0 Å². The Morgan fingerprint density at radius 2 is 2.31 bits per heavy atom. The number of rotatable bonds is 3. The smallest absolute Gasteiger partial charge is 0.361 e. The molecule has 1 aromatic carbocycles. The van der Waals surface area contributed by atoms with E-state index < -0.39 is 5.97 Å². The molecule has 5 nitrogen and oxygen atoms in total. The Hall–Kier alpha value is -2.04. The zero-order chi connectivity index (χ0) is 11.5. The molecule has 0 aliphatic rings. The van der Waals surface area contributed by atoms with Crippen molar-refractivity contribution in [1.82, 2.24) is 5.16 Å². The molecule has 2 rings (SSSR count). The predicted octanol–water partition coefficient (Wildman–Crippen LogP) is 2.01. The summed E-state index contributed by atoms with van der Waals surface area (Å²) < 4.78 is 14.9. The number of hydrogen-bond donors (Lipinski definition) is 0. The van der Waals surface area contributed by atoms with E-state index in [2.05, 4.69) is 5.16 Å². The fourth-order valence-electron chi connectivity index (χ4n) is 1.39. The summed E-state index contributed by atoms with van der Waals surface area (Å²) in [6.07, 6.45) is 0. The minimum atomic E-state index is -0.480. The molecule has 2 aromatic rings. The SMILES string of the molecule is CCOC(=O)c1noc2cc(OC)ccc12. The van der Waals surface area contributed by atoms with E-state index in [1.165, 1.54) is 0 Å². The predicted molar refractivity (Wildman–Crippen MR) is 56.5 cm³/mol. The Morgan fingerprint density at radius 3 is 3.00 bits per heavy atom. The van der Waals surface area contributed by atoms with E-state index in [1.54, 1.807) is 32.2 Å². The molecular weight excluding hydrogens is 210 g/mol. The summed E-state index contributed by atoms with van der Waals surface area (Å²) in [6, 6.07) is 5.13. The Morgan fingerprint density at radius 1 is 1.50 bits per heavy atom. The third-order valence-corrected chi connectivity index (χ3v) is 2.15. The lowest BCUT2D eigenvalue weighted by molar-refractivity contribution is 0.0517. The zero-order valence-electron chi connectivity index (χ0n) is 9.02. The summed E-state index contributed by atoms with van der Waals surface area (Å²) in [4.78, 5) is 11.5. The first-order valence-corrected chi connectivity index (χ1v) is 4.86. The first-order valence-electron chi connectivity index (χ1n) is 4.86. The molecular formula is C11H11NO4. The Labute approximate surface area is 91.9 Å². The van der Waals surface area contributed by atoms with Gasteiger partial charge in [0, 0.05) is 6.07 Å². The number of methoxy groups -OCH3 is 1. The van der Waals surface area contributed by atoms with Crippen LogP contribution >= 0.6 is 0 Å². The average molecular weight is 221 g/mol. The third kappa shape index (κ3) is 1.71. The molecule has 0 atom stereocenters. The lowest BCUT2D eigenvalue weighted by Gasteiger charge is -1.98. The molecule has 84 valence electrons. The fourth-order valence-corrected chi connectivity index (χ4v) is 1.39. The van der Waals surface area contributed by atoms with Crippen LogP contribution in [0.5, 0.6) is 5.75 Å². The second-order valence-corrected chi connectivity index (χ2v) is 3.11. The summed E-state index contributed by atoms with van der Waals surface area (Å²) in [6.45, 7) is 2.05. The summed E-state index contributed by atoms with van der Waals surface area (Å²) in [7, 11) is 1.56. The summed E-state index contributed by atoms with van der Waals surface area (Å²) in [5.74, 6) is 0.172. The number of aromatic nitrogens is 1. The number of esters is 1. The van der Waals surface area contributed by atoms with Gasteiger partial charge in [0.2, 0.25) is 0 Å². The highest BCUT2D eigenvalue weighted by Crippen LogP contribution is 2.23. The molecule has 0 aliphatic heterocycles. The van der Waals surface area contributed by atoms with E-state index in [1.807, 2.05) is 0 Å². The van der Waals surface area contributed by atoms with E-state index >= 15 is 0 Å². The van der Waals surface area contributed by atoms with Gasteiger partial charge in [0.05, 0.1) is 19.1 Å². The molecule has 5 heteroatoms. The molecule has 0 amide bonds. The number of hydrogen-bond acceptors (Lipinski definition) is 5. The second-order valence-electron chi connectivity index (χ2n) is 3.11. The molecule has 0 aliphatic carbocycles. The van der Waals surface area contributed by atoms with Gasteiger partial charge in [0.25, 0.3) is 0 Å². The summed E-state index contributed by atoms with van der Waals surface area (Å²) in [5, 5.41) is 4.31. The van der Waals surface area contributed by atoms with Crippen LogP contribution in [0.2, 0.25) is 0 Å². The average Bonchev–Trinajstić information content (AvgIpc) is 2.71. The van der Waals surface area contributed by atoms with Crippen LogP contribution in [0.3, 0.4) is 0 Å². The Balaban J connectivity index is 2.45. The maximum absolute atomic E-state index is 11.5. The van der Waals surface area contributed by atoms with Crippen LogP contribution in [0.4, 0.5) is 0 Å². The normalized spacial score (nSPS) is 10.4. The largest absolute Gasteiger partial charge is 0.497 e. The van der Waals surface area contributed by atoms with Crippen LogP contribution in [-0.4, -0.2) is 24.8 Å². The lowest BCUT2D eigenvalue weighted by atomic mass is 10.2. The van der Waals surface area contributed by atoms with Gasteiger partial charge in [-0.2, -0.15) is 0 Å². The first-order chi connectivity index (χ1) is 7.76. The number of carbonyl (C=O) groups excluding carboxylic acids is 1. The minimum absolute atomic E-state index is 0.194. The quantitative estimate of drug-likeness (QED) is 0.742. The molecule has 0 spiro atoms. The van der Waals surface area contributed by atoms with E-state index in [4.69, 9.17) is 14.0 Å². The monoisotopic (exact) mass is 221 g/mol. The van der Waals surface area contributed by atoms with Crippen molar-refractivity contribution >= 4 is 16.9 Å². The topological polar surface area (TPSA) is 61.6 Å². The molecule has 0 saturated heterocycles. The van der Waals surface area contributed by atoms with E-state index in [-0.39, 0.29) is 5.69 Å². The lowest BCUT2D eigenvalue weighted by Crippen LogP contribution is -2.05. The van der Waals surface area contributed by atoms with Crippen molar-refractivity contribution in [3.05, 3.63) is 23.9 Å². The zero-order valence-corrected chi connectivity index (χ0v) is 9.02. The standard InChI is InChI=1S/C11H11NO4/c1-3-15-11(13)10-8-5-4-7(14-2)6-9(8)16-12-10/h4-6H,3H2,1-2H3. The molecule has 0 N–H and O–H groups in total. The molecule has 0 unspecified atom stereocenters. The van der Waals surface area contributed by atoms with E-state index in [0.717, 1.165) is 0 Å². The molecule has 16 heavy (non-hydrogen) atoms. The van der Waals surface area contributed by atoms with Crippen LogP contribution < -0.4 is 4.74 Å². The highest BCUT2D eigenvalue weighted by molar-refractivity contribution is 6.01. The van der Waals surface area contributed by atoms with Crippen LogP contribution in [0, 0.1) is 0 Å². The van der Waals surface area contributed by atoms with Crippen LogP contribution in [0.25, 0.3) is 11.0 Å². The van der Waals surface area contributed by atoms with Gasteiger partial charge >= 0.3 is 5.97 Å². The maximum Gasteiger partial charge on any atom is 0.361 e. The molecule has 0 radical (unpaired) electrons. The minimum Gasteiger partial charge on any atom is -0.497 e. The highest BCUT2D eigenvalue weighted by atomic mass is 16.5. The van der Waals surface area contributed by atoms with Gasteiger partial charge in [0.15, 0.2) is 11.3 Å². The summed E-state index contributed by atoms with van der Waals surface area (Å²) in [5.41, 5.74) is 0.696. The number of carbonyl (C=O) groups is 1. The Kier molecular flexibility index (Phi) is 2.76. The van der Waals surface area contributed by atoms with Crippen molar-refractivity contribution in [2.75, 3.05) is 13.7 Å². The summed E-state index contributed by atoms with van der Waals surface area (Å²) >= 11 is 0. The van der Waals surface area contributed by atoms with E-state index in [9.17, 15) is 4.79 Å². The molecule has 1 heterocycles. The van der Waals surface area contributed by atoms with Crippen molar-refractivity contribution in [3.63, 3.8) is 0 Å². The fraction of sp³-hybridized carbons (Fsp3) is 0.273. The molecule has 0 saturated carbocycles. The van der Waals surface area contributed by atoms with Gasteiger partial charge in [0.1, 0.15) is 5.75 Å². The maximum atomic E-state index is 11.5. The highest BCUT2D eigenvalue weighted by Gasteiger charge is 2.17. The Bertz CT molecular complexity index is 518. The van der Waals surface area contributed by atoms with Crippen LogP contribution in [0.1, 0.15) is 17.4 Å². The number of ether oxygens (including phenoxy) is 2.